The Balaban J connectivity index is 0.000000121. The van der Waals surface area contributed by atoms with Crippen LogP contribution in [0.15, 0.2) is 82.0 Å². The van der Waals surface area contributed by atoms with E-state index < -0.39 is 99.4 Å². The summed E-state index contributed by atoms with van der Waals surface area (Å²) in [6.45, 7) is 20.6. The first kappa shape index (κ1) is 79.9. The minimum absolute atomic E-state index is 0.000190. The number of hydrogen-bond donors (Lipinski definition) is 13. The summed E-state index contributed by atoms with van der Waals surface area (Å²) in [4.78, 5) is 132. The van der Waals surface area contributed by atoms with Crippen molar-refractivity contribution in [1.29, 1.82) is 0 Å². The summed E-state index contributed by atoms with van der Waals surface area (Å²) in [7, 11) is 0. The van der Waals surface area contributed by atoms with Gasteiger partial charge in [0, 0.05) is 88.8 Å². The van der Waals surface area contributed by atoms with Crippen LogP contribution in [0.3, 0.4) is 0 Å². The second-order valence-corrected chi connectivity index (χ2v) is 32.7. The fourth-order valence-electron chi connectivity index (χ4n) is 17.3. The van der Waals surface area contributed by atoms with Crippen molar-refractivity contribution in [1.82, 2.24) is 10.6 Å². The van der Waals surface area contributed by atoms with E-state index >= 15 is 0 Å². The molecule has 10 aliphatic rings. The van der Waals surface area contributed by atoms with E-state index in [4.69, 9.17) is 28.5 Å². The lowest BCUT2D eigenvalue weighted by Crippen LogP contribution is -2.48. The Bertz CT molecular complexity index is 5890. The number of carbonyl (C=O) groups is 10. The number of cyclic esters (lactones) is 1. The molecule has 0 saturated heterocycles. The van der Waals surface area contributed by atoms with Crippen molar-refractivity contribution in [3.05, 3.63) is 178 Å². The zero-order valence-corrected chi connectivity index (χ0v) is 64.8. The molecule has 1 unspecified atom stereocenters. The van der Waals surface area contributed by atoms with Gasteiger partial charge in [0.2, 0.25) is 11.3 Å². The van der Waals surface area contributed by atoms with Crippen LogP contribution in [-0.4, -0.2) is 146 Å². The number of nitrogens with one attached hydrogen (secondary N) is 3. The van der Waals surface area contributed by atoms with E-state index in [-0.39, 0.29) is 161 Å². The van der Waals surface area contributed by atoms with Crippen molar-refractivity contribution >= 4 is 92.5 Å². The number of carbonyl (C=O) groups excluding carboxylic acids is 8. The molecule has 1 aromatic heterocycles. The Morgan fingerprint density at radius 1 is 0.698 bits per heavy atom. The number of aliphatic hydroxyl groups excluding tert-OH is 2. The number of esters is 1. The normalized spacial score (nSPS) is 20.7. The van der Waals surface area contributed by atoms with Crippen molar-refractivity contribution in [3.63, 3.8) is 0 Å². The Hall–Kier alpha value is -12.7. The molecule has 1 fully saturated rings. The molecular formula is C87H83N3O26. The second kappa shape index (κ2) is 29.0. The van der Waals surface area contributed by atoms with Gasteiger partial charge in [-0.3, -0.25) is 48.5 Å². The van der Waals surface area contributed by atoms with Crippen LogP contribution < -0.4 is 35.6 Å². The van der Waals surface area contributed by atoms with Crippen LogP contribution in [0.25, 0.3) is 39.1 Å². The number of aliphatic hydroxyl groups is 2. The zero-order valence-electron chi connectivity index (χ0n) is 64.8. The number of β-amino-alcohol motifs (C(OH)–C–C–N with tert-alkyl or cyclic N) is 1. The average molecular weight is 1590 g/mol. The number of aliphatic carboxylic acids is 1. The standard InChI is InChI=1S/C24H20O7.C19H14O6.C16H24N2O3.C15H14O4.C13H11NO6/c1-10(25)16-17-13(24(4,5)31-22(17)28)8-12-19(27)18-14(26)9-15-11(20(18)29-21(12)16)6-7-23(2,3)30-15;1-7-4-8-6-12(23)16-17(13(8)11(22)5-7)19(25)15-10(21)3-2-9(20)14(15)18(16)24;1-16(2,3)17-9-11(19)10-21-14-6-4-5-13-12(14)7-8-15(20)18-13;1-5-6-2-9-10(16)4-8(15(18)19)7-3-11(17)12(5)14(6)13(7)9;1-4(13(18)19)7-2-5-8(20-7)3-6-9(10(5)15)12(17)14-11(6)16/h6-9,26H,1-5H3;2-5,12,22-25H,6H2,1H3;4-6,11,17,19H,7-10H2,1-3H3,(H,18,20);4-6,12,14,16H,2-3H2,1H3,(H,18,19);3-4,7,15H,2H2,1H3,(H,18,19)(H,14,16,17)/t;12-;11-;5-,6-,12-,14-;4-,7?/m.1101/s1. The van der Waals surface area contributed by atoms with E-state index in [9.17, 15) is 98.7 Å². The molecule has 0 radical (unpaired) electrons. The number of ether oxygens (including phenoxy) is 4. The number of ketones is 4. The van der Waals surface area contributed by atoms with E-state index in [1.54, 1.807) is 32.9 Å². The van der Waals surface area contributed by atoms with Gasteiger partial charge in [-0.2, -0.15) is 0 Å². The molecule has 13 N–H and O–H groups in total. The number of fused-ring (bicyclic) bond motifs is 12. The van der Waals surface area contributed by atoms with Crippen LogP contribution in [0.1, 0.15) is 216 Å². The molecule has 8 atom stereocenters. The third kappa shape index (κ3) is 13.7. The molecular weight excluding hydrogens is 1500 g/mol. The summed E-state index contributed by atoms with van der Waals surface area (Å²) in [6, 6.07) is 14.4. The van der Waals surface area contributed by atoms with Gasteiger partial charge in [-0.1, -0.05) is 19.1 Å². The first-order chi connectivity index (χ1) is 54.5. The summed E-state index contributed by atoms with van der Waals surface area (Å²) < 4.78 is 28.6. The molecule has 29 nitrogen and oxygen atoms in total. The van der Waals surface area contributed by atoms with Gasteiger partial charge in [0.05, 0.1) is 61.9 Å². The molecule has 0 spiro atoms. The first-order valence-corrected chi connectivity index (χ1v) is 37.6. The number of allylic oxidation sites excluding steroid dienone is 2. The van der Waals surface area contributed by atoms with Gasteiger partial charge in [0.1, 0.15) is 98.5 Å². The number of imide groups is 1. The summed E-state index contributed by atoms with van der Waals surface area (Å²) in [5.74, 6) is -5.60. The third-order valence-corrected chi connectivity index (χ3v) is 22.9. The molecule has 5 aliphatic heterocycles. The number of hydrogen-bond acceptors (Lipinski definition) is 25. The average Bonchev–Trinajstić information content (AvgIpc) is 1.49. The number of carboxylic acid groups (broad SMARTS) is 2. The summed E-state index contributed by atoms with van der Waals surface area (Å²) in [6.07, 6.45) is 5.64. The van der Waals surface area contributed by atoms with Crippen LogP contribution in [-0.2, 0) is 56.8 Å². The smallest absolute Gasteiger partial charge is 0.340 e. The van der Waals surface area contributed by atoms with Crippen molar-refractivity contribution in [2.45, 2.75) is 156 Å². The van der Waals surface area contributed by atoms with Crippen molar-refractivity contribution in [3.8, 4) is 62.9 Å². The van der Waals surface area contributed by atoms with Gasteiger partial charge in [-0.05, 0) is 188 Å². The second-order valence-electron chi connectivity index (χ2n) is 32.7. The highest BCUT2D eigenvalue weighted by molar-refractivity contribution is 6.26. The summed E-state index contributed by atoms with van der Waals surface area (Å²) in [5, 5.41) is 109. The van der Waals surface area contributed by atoms with E-state index in [1.807, 2.05) is 38.1 Å². The van der Waals surface area contributed by atoms with E-state index in [0.29, 0.717) is 64.8 Å². The number of amides is 3. The Labute approximate surface area is 660 Å². The quantitative estimate of drug-likeness (QED) is 0.0210. The third-order valence-electron chi connectivity index (χ3n) is 22.9. The predicted molar refractivity (Wildman–Crippen MR) is 416 cm³/mol. The topological polar surface area (TPSA) is 476 Å². The number of aromatic carboxylic acids is 1. The number of aromatic hydroxyl groups is 6. The number of Topliss-reactive ketones (excluding diaryl/α,β-unsaturated/α-hetero) is 2. The molecule has 29 heteroatoms. The number of phenolic OH excluding ortho intramolecular Hbond substituents is 6. The van der Waals surface area contributed by atoms with Gasteiger partial charge in [0.15, 0.2) is 22.9 Å². The molecule has 0 bridgehead atoms. The lowest BCUT2D eigenvalue weighted by molar-refractivity contribution is -0.144. The first-order valence-electron chi connectivity index (χ1n) is 37.6. The van der Waals surface area contributed by atoms with Gasteiger partial charge < -0.3 is 85.1 Å². The van der Waals surface area contributed by atoms with Crippen molar-refractivity contribution in [2.24, 2.45) is 23.7 Å². The molecule has 6 heterocycles. The zero-order chi connectivity index (χ0) is 84.0. The van der Waals surface area contributed by atoms with E-state index in [2.05, 4.69) is 43.6 Å². The fraction of sp³-hybridized carbons (Fsp3) is 0.345. The maximum atomic E-state index is 13.5. The molecule has 1 saturated carbocycles. The van der Waals surface area contributed by atoms with Gasteiger partial charge in [0.25, 0.3) is 11.8 Å². The molecule has 7 aromatic carbocycles. The van der Waals surface area contributed by atoms with Gasteiger partial charge in [-0.15, -0.1) is 0 Å². The van der Waals surface area contributed by atoms with Crippen molar-refractivity contribution < 1.29 is 122 Å². The maximum Gasteiger partial charge on any atom is 0.340 e. The largest absolute Gasteiger partial charge is 0.508 e. The number of anilines is 1. The number of aryl methyl sites for hydroxylation is 1. The lowest BCUT2D eigenvalue weighted by atomic mass is 9.53. The number of carboxylic acids is 2. The minimum atomic E-state index is -1.19. The highest BCUT2D eigenvalue weighted by Crippen LogP contribution is 2.64. The Morgan fingerprint density at radius 2 is 1.40 bits per heavy atom. The number of phenols is 6. The molecule has 116 heavy (non-hydrogen) atoms. The predicted octanol–water partition coefficient (Wildman–Crippen LogP) is 10.5. The highest BCUT2D eigenvalue weighted by Gasteiger charge is 2.59. The minimum Gasteiger partial charge on any atom is -0.508 e. The van der Waals surface area contributed by atoms with Crippen molar-refractivity contribution in [2.75, 3.05) is 18.5 Å². The van der Waals surface area contributed by atoms with Crippen LogP contribution >= 0.6 is 0 Å². The Morgan fingerprint density at radius 3 is 2.07 bits per heavy atom. The molecule has 5 aliphatic carbocycles. The van der Waals surface area contributed by atoms with Gasteiger partial charge >= 0.3 is 17.9 Å². The van der Waals surface area contributed by atoms with Crippen LogP contribution in [0, 0.1) is 30.6 Å². The summed E-state index contributed by atoms with van der Waals surface area (Å²) >= 11 is 0. The summed E-state index contributed by atoms with van der Waals surface area (Å²) in [5.41, 5.74) is 4.62. The van der Waals surface area contributed by atoms with Crippen LogP contribution in [0.4, 0.5) is 5.69 Å². The van der Waals surface area contributed by atoms with E-state index in [0.717, 1.165) is 52.3 Å². The van der Waals surface area contributed by atoms with Crippen LogP contribution in [0.2, 0.25) is 0 Å². The van der Waals surface area contributed by atoms with Crippen LogP contribution in [0.5, 0.6) is 51.7 Å². The highest BCUT2D eigenvalue weighted by atomic mass is 16.6. The number of rotatable bonds is 9. The maximum absolute atomic E-state index is 13.5. The molecule has 3 amide bonds. The molecule has 18 rings (SSSR count). The fourth-order valence-corrected chi connectivity index (χ4v) is 17.3. The van der Waals surface area contributed by atoms with Gasteiger partial charge in [-0.25, -0.2) is 9.59 Å². The van der Waals surface area contributed by atoms with E-state index in [1.165, 1.54) is 44.2 Å². The molecule has 8 aromatic rings. The lowest BCUT2D eigenvalue weighted by Gasteiger charge is -2.49. The SMILES string of the molecule is CC(=O)c1c2c(cc3c(=O)c4c(O)cc5c(c4oc13)C=CC(C)(C)O5)C(C)(C)OC2=O.CC(C)(C)NC[C@@H](O)COc1cccc2c1CCC(=O)N2.C[C@@H](C(=O)O)C1Cc2c(cc3c(c2O)C(=O)NC3=O)O1.C[C@H]1[C@@H]2Cc3c(O)cc(C(=O)O)c4c3[C@@H]2[C@@H]1C(=O)C4.Cc1cc(O)c2c(c1)C[C@@H](O)c1c(O)c3c(c(O)c1-2)C(=O)C=CC3=O. The number of benzene rings is 7. The monoisotopic (exact) mass is 1590 g/mol. The molecule has 602 valence electrons. The Kier molecular flexibility index (Phi) is 20.0.